The topological polar surface area (TPSA) is 135 Å². The standard InChI is InChI=1S/C24H43N3O7S2Si2/c1-15-12-27(21(28)26-19(15)35)20-18(33-38(10,11)23(5,6)7)24(16(25)14-36(29,30)34-24)17(32-20)13-31-37(8,9)22(2,3)4/h12,14,17-18,20H,13,25H2,1-11H3,(H,26,28,35)/t17?,18-,20+,24?/m0/s1. The largest absolute Gasteiger partial charge is 0.414 e. The van der Waals surface area contributed by atoms with Gasteiger partial charge < -0.3 is 19.3 Å². The van der Waals surface area contributed by atoms with Gasteiger partial charge in [-0.2, -0.15) is 8.42 Å². The van der Waals surface area contributed by atoms with Crippen LogP contribution >= 0.6 is 12.2 Å². The molecule has 0 aromatic carbocycles. The van der Waals surface area contributed by atoms with Crippen LogP contribution in [0.5, 0.6) is 0 Å². The molecular weight excluding hydrogens is 563 g/mol. The minimum atomic E-state index is -4.14. The summed E-state index contributed by atoms with van der Waals surface area (Å²) in [6, 6.07) is 0. The van der Waals surface area contributed by atoms with Gasteiger partial charge in [0.25, 0.3) is 10.1 Å². The van der Waals surface area contributed by atoms with Crippen LogP contribution in [0.15, 0.2) is 22.1 Å². The fourth-order valence-corrected chi connectivity index (χ4v) is 7.64. The van der Waals surface area contributed by atoms with Crippen molar-refractivity contribution in [2.75, 3.05) is 6.61 Å². The van der Waals surface area contributed by atoms with Gasteiger partial charge in [-0.1, -0.05) is 53.8 Å². The summed E-state index contributed by atoms with van der Waals surface area (Å²) in [5.41, 5.74) is 4.84. The van der Waals surface area contributed by atoms with Crippen molar-refractivity contribution in [3.05, 3.63) is 38.0 Å². The first kappa shape index (κ1) is 31.4. The van der Waals surface area contributed by atoms with Crippen molar-refractivity contribution in [1.29, 1.82) is 0 Å². The molecule has 3 rings (SSSR count). The molecule has 10 nitrogen and oxygen atoms in total. The Bertz CT molecular complexity index is 1340. The van der Waals surface area contributed by atoms with Crippen LogP contribution in [-0.2, 0) is 27.9 Å². The van der Waals surface area contributed by atoms with E-state index in [9.17, 15) is 13.2 Å². The third-order valence-corrected chi connectivity index (χ3v) is 18.9. The molecule has 1 fully saturated rings. The highest BCUT2D eigenvalue weighted by atomic mass is 32.2. The second kappa shape index (κ2) is 9.75. The summed E-state index contributed by atoms with van der Waals surface area (Å²) >= 11 is 5.25. The zero-order chi connectivity index (χ0) is 29.3. The average molecular weight is 606 g/mol. The van der Waals surface area contributed by atoms with Gasteiger partial charge in [0, 0.05) is 11.8 Å². The maximum absolute atomic E-state index is 13.1. The number of hydrogen-bond donors (Lipinski definition) is 2. The Hall–Kier alpha value is -1.14. The van der Waals surface area contributed by atoms with Gasteiger partial charge in [-0.3, -0.25) is 9.55 Å². The molecule has 0 amide bonds. The van der Waals surface area contributed by atoms with Gasteiger partial charge in [-0.25, -0.2) is 8.98 Å². The van der Waals surface area contributed by atoms with Crippen molar-refractivity contribution < 1.29 is 26.2 Å². The van der Waals surface area contributed by atoms with Crippen LogP contribution in [-0.4, -0.2) is 59.0 Å². The molecular formula is C24H43N3O7S2Si2. The molecule has 4 atom stereocenters. The third-order valence-electron chi connectivity index (χ3n) is 8.49. The summed E-state index contributed by atoms with van der Waals surface area (Å²) in [6.07, 6.45) is -1.51. The van der Waals surface area contributed by atoms with E-state index in [0.29, 0.717) is 10.2 Å². The van der Waals surface area contributed by atoms with Crippen molar-refractivity contribution >= 4 is 39.0 Å². The van der Waals surface area contributed by atoms with Gasteiger partial charge in [-0.05, 0) is 43.2 Å². The molecule has 0 bridgehead atoms. The smallest absolute Gasteiger partial charge is 0.328 e. The number of nitrogens with one attached hydrogen (secondary N) is 1. The second-order valence-corrected chi connectivity index (χ2v) is 24.7. The molecule has 1 spiro atoms. The maximum atomic E-state index is 13.1. The predicted octanol–water partition coefficient (Wildman–Crippen LogP) is 4.42. The number of aromatic nitrogens is 2. The van der Waals surface area contributed by atoms with E-state index in [0.717, 1.165) is 5.41 Å². The highest BCUT2D eigenvalue weighted by molar-refractivity contribution is 7.90. The predicted molar refractivity (Wildman–Crippen MR) is 155 cm³/mol. The van der Waals surface area contributed by atoms with Crippen LogP contribution in [0.2, 0.25) is 36.3 Å². The van der Waals surface area contributed by atoms with Crippen molar-refractivity contribution in [1.82, 2.24) is 9.55 Å². The van der Waals surface area contributed by atoms with Gasteiger partial charge in [0.15, 0.2) is 28.5 Å². The molecule has 2 unspecified atom stereocenters. The van der Waals surface area contributed by atoms with Gasteiger partial charge >= 0.3 is 5.69 Å². The first-order valence-electron chi connectivity index (χ1n) is 12.7. The van der Waals surface area contributed by atoms with Crippen LogP contribution in [0.25, 0.3) is 0 Å². The van der Waals surface area contributed by atoms with Crippen molar-refractivity contribution in [3.8, 4) is 0 Å². The number of aryl methyl sites for hydroxylation is 1. The minimum Gasteiger partial charge on any atom is -0.414 e. The molecule has 1 aromatic heterocycles. The van der Waals surface area contributed by atoms with E-state index in [1.165, 1.54) is 4.57 Å². The molecule has 0 aliphatic carbocycles. The Kier molecular flexibility index (Phi) is 8.05. The molecule has 2 aliphatic rings. The first-order valence-corrected chi connectivity index (χ1v) is 20.4. The molecule has 3 N–H and O–H groups in total. The van der Waals surface area contributed by atoms with Gasteiger partial charge in [0.1, 0.15) is 16.8 Å². The molecule has 0 saturated carbocycles. The summed E-state index contributed by atoms with van der Waals surface area (Å²) in [5, 5.41) is 0.552. The van der Waals surface area contributed by atoms with E-state index in [1.807, 2.05) is 13.1 Å². The van der Waals surface area contributed by atoms with E-state index >= 15 is 0 Å². The second-order valence-electron chi connectivity index (χ2n) is 13.3. The lowest BCUT2D eigenvalue weighted by atomic mass is 9.89. The Balaban J connectivity index is 2.24. The zero-order valence-corrected chi connectivity index (χ0v) is 27.9. The van der Waals surface area contributed by atoms with E-state index in [2.05, 4.69) is 59.6 Å². The quantitative estimate of drug-likeness (QED) is 0.274. The summed E-state index contributed by atoms with van der Waals surface area (Å²) in [6.45, 7) is 22.5. The molecule has 14 heteroatoms. The number of nitrogens with two attached hydrogens (primary N) is 1. The molecule has 38 heavy (non-hydrogen) atoms. The number of nitrogens with zero attached hydrogens (tertiary/aromatic N) is 1. The highest BCUT2D eigenvalue weighted by Crippen LogP contribution is 2.52. The third kappa shape index (κ3) is 5.55. The summed E-state index contributed by atoms with van der Waals surface area (Å²) in [7, 11) is -9.03. The molecule has 2 aliphatic heterocycles. The van der Waals surface area contributed by atoms with Crippen LogP contribution in [0, 0.1) is 11.6 Å². The Labute approximate surface area is 233 Å². The number of aromatic amines is 1. The fraction of sp³-hybridized carbons (Fsp3) is 0.750. The van der Waals surface area contributed by atoms with Crippen molar-refractivity contribution in [2.45, 2.75) is 109 Å². The monoisotopic (exact) mass is 605 g/mol. The first-order chi connectivity index (χ1) is 17.0. The minimum absolute atomic E-state index is 0.00494. The highest BCUT2D eigenvalue weighted by Gasteiger charge is 2.67. The maximum Gasteiger partial charge on any atom is 0.328 e. The van der Waals surface area contributed by atoms with Crippen molar-refractivity contribution in [2.24, 2.45) is 5.73 Å². The number of hydrogen-bond acceptors (Lipinski definition) is 9. The summed E-state index contributed by atoms with van der Waals surface area (Å²) in [5.74, 6) is 0. The van der Waals surface area contributed by atoms with Crippen LogP contribution < -0.4 is 11.4 Å². The van der Waals surface area contributed by atoms with Gasteiger partial charge in [-0.15, -0.1) is 0 Å². The molecule has 216 valence electrons. The Morgan fingerprint density at radius 2 is 1.68 bits per heavy atom. The van der Waals surface area contributed by atoms with Gasteiger partial charge in [0.2, 0.25) is 0 Å². The van der Waals surface area contributed by atoms with E-state index < -0.39 is 56.5 Å². The van der Waals surface area contributed by atoms with Crippen LogP contribution in [0.3, 0.4) is 0 Å². The Morgan fingerprint density at radius 1 is 1.13 bits per heavy atom. The lowest BCUT2D eigenvalue weighted by Crippen LogP contribution is -2.59. The summed E-state index contributed by atoms with van der Waals surface area (Å²) < 4.78 is 52.9. The van der Waals surface area contributed by atoms with E-state index in [1.54, 1.807) is 13.1 Å². The SMILES string of the molecule is Cc1cn([C@@H]2OC(CO[Si](C)(C)C(C)(C)C)C3(OS(=O)(=O)C=C3N)[C@H]2O[Si](C)(C)C(C)(C)C)c(=O)[nH]c1=S. The average Bonchev–Trinajstić information content (AvgIpc) is 3.14. The molecule has 1 aromatic rings. The van der Waals surface area contributed by atoms with Gasteiger partial charge in [0.05, 0.1) is 17.7 Å². The van der Waals surface area contributed by atoms with E-state index in [4.69, 9.17) is 35.7 Å². The number of H-pyrrole nitrogens is 1. The lowest BCUT2D eigenvalue weighted by molar-refractivity contribution is -0.0563. The van der Waals surface area contributed by atoms with Crippen LogP contribution in [0.4, 0.5) is 0 Å². The zero-order valence-electron chi connectivity index (χ0n) is 24.3. The number of rotatable bonds is 6. The summed E-state index contributed by atoms with van der Waals surface area (Å²) in [4.78, 5) is 15.8. The normalized spacial score (nSPS) is 28.2. The molecule has 3 heterocycles. The van der Waals surface area contributed by atoms with Crippen molar-refractivity contribution in [3.63, 3.8) is 0 Å². The van der Waals surface area contributed by atoms with E-state index in [-0.39, 0.29) is 22.4 Å². The molecule has 1 saturated heterocycles. The fourth-order valence-electron chi connectivity index (χ4n) is 3.99. The van der Waals surface area contributed by atoms with Crippen LogP contribution in [0.1, 0.15) is 53.3 Å². The Morgan fingerprint density at radius 3 is 2.16 bits per heavy atom. The lowest BCUT2D eigenvalue weighted by Gasteiger charge is -2.43. The number of ether oxygens (including phenoxy) is 1. The molecule has 0 radical (unpaired) electrons.